The minimum Gasteiger partial charge on any atom is -0.480 e. The lowest BCUT2D eigenvalue weighted by Gasteiger charge is -2.20. The third-order valence-corrected chi connectivity index (χ3v) is 3.35. The number of rotatable bonds is 7. The lowest BCUT2D eigenvalue weighted by molar-refractivity contribution is -0.140. The molecule has 4 heteroatoms. The Bertz CT molecular complexity index is 457. The molecule has 3 N–H and O–H groups in total. The van der Waals surface area contributed by atoms with Gasteiger partial charge in [0.15, 0.2) is 0 Å². The Morgan fingerprint density at radius 1 is 1.30 bits per heavy atom. The second-order valence-electron chi connectivity index (χ2n) is 5.80. The number of hydrogen-bond donors (Lipinski definition) is 3. The van der Waals surface area contributed by atoms with Crippen molar-refractivity contribution in [3.05, 3.63) is 34.9 Å². The van der Waals surface area contributed by atoms with E-state index in [4.69, 9.17) is 5.11 Å². The molecule has 0 heterocycles. The fourth-order valence-electron chi connectivity index (χ4n) is 2.31. The van der Waals surface area contributed by atoms with Crippen LogP contribution < -0.4 is 5.32 Å². The SMILES string of the molecule is Cc1ccc(C(O)CNC(CC(C)C)C(=O)O)c(C)c1. The first-order valence-corrected chi connectivity index (χ1v) is 7.02. The smallest absolute Gasteiger partial charge is 0.320 e. The monoisotopic (exact) mass is 279 g/mol. The van der Waals surface area contributed by atoms with Crippen molar-refractivity contribution >= 4 is 5.97 Å². The summed E-state index contributed by atoms with van der Waals surface area (Å²) in [5.74, 6) is -0.576. The fraction of sp³-hybridized carbons (Fsp3) is 0.562. The van der Waals surface area contributed by atoms with E-state index in [0.717, 1.165) is 16.7 Å². The summed E-state index contributed by atoms with van der Waals surface area (Å²) in [4.78, 5) is 11.2. The van der Waals surface area contributed by atoms with Crippen LogP contribution in [0.5, 0.6) is 0 Å². The molecule has 112 valence electrons. The zero-order valence-electron chi connectivity index (χ0n) is 12.7. The first-order chi connectivity index (χ1) is 9.31. The van der Waals surface area contributed by atoms with E-state index in [1.165, 1.54) is 0 Å². The maximum Gasteiger partial charge on any atom is 0.320 e. The van der Waals surface area contributed by atoms with Crippen molar-refractivity contribution in [1.82, 2.24) is 5.32 Å². The minimum absolute atomic E-state index is 0.244. The maximum absolute atomic E-state index is 11.2. The lowest BCUT2D eigenvalue weighted by Crippen LogP contribution is -2.40. The molecule has 0 aliphatic heterocycles. The van der Waals surface area contributed by atoms with Gasteiger partial charge < -0.3 is 15.5 Å². The highest BCUT2D eigenvalue weighted by Crippen LogP contribution is 2.18. The van der Waals surface area contributed by atoms with Gasteiger partial charge in [0.2, 0.25) is 0 Å². The predicted octanol–water partition coefficient (Wildman–Crippen LogP) is 2.43. The number of aliphatic hydroxyl groups excluding tert-OH is 1. The molecule has 1 aromatic carbocycles. The zero-order chi connectivity index (χ0) is 15.3. The molecule has 0 fully saturated rings. The molecule has 0 spiro atoms. The Hall–Kier alpha value is -1.39. The Kier molecular flexibility index (Phi) is 6.17. The van der Waals surface area contributed by atoms with Gasteiger partial charge in [-0.2, -0.15) is 0 Å². The van der Waals surface area contributed by atoms with Gasteiger partial charge in [-0.15, -0.1) is 0 Å². The van der Waals surface area contributed by atoms with E-state index in [1.807, 2.05) is 45.9 Å². The molecular weight excluding hydrogens is 254 g/mol. The van der Waals surface area contributed by atoms with Crippen molar-refractivity contribution < 1.29 is 15.0 Å². The summed E-state index contributed by atoms with van der Waals surface area (Å²) in [7, 11) is 0. The van der Waals surface area contributed by atoms with Crippen LogP contribution in [-0.2, 0) is 4.79 Å². The van der Waals surface area contributed by atoms with Gasteiger partial charge in [-0.1, -0.05) is 37.6 Å². The number of benzene rings is 1. The van der Waals surface area contributed by atoms with Crippen molar-refractivity contribution in [2.45, 2.75) is 46.3 Å². The number of aliphatic carboxylic acids is 1. The van der Waals surface area contributed by atoms with E-state index in [0.29, 0.717) is 12.3 Å². The van der Waals surface area contributed by atoms with Crippen molar-refractivity contribution in [1.29, 1.82) is 0 Å². The fourth-order valence-corrected chi connectivity index (χ4v) is 2.31. The Morgan fingerprint density at radius 2 is 1.95 bits per heavy atom. The molecule has 4 nitrogen and oxygen atoms in total. The van der Waals surface area contributed by atoms with Gasteiger partial charge in [0.1, 0.15) is 6.04 Å². The number of carboxylic acid groups (broad SMARTS) is 1. The number of nitrogens with one attached hydrogen (secondary N) is 1. The average molecular weight is 279 g/mol. The standard InChI is InChI=1S/C16H25NO3/c1-10(2)7-14(16(19)20)17-9-15(18)13-6-5-11(3)8-12(13)4/h5-6,8,10,14-15,17-18H,7,9H2,1-4H3,(H,19,20). The second kappa shape index (κ2) is 7.41. The Morgan fingerprint density at radius 3 is 2.45 bits per heavy atom. The van der Waals surface area contributed by atoms with E-state index in [2.05, 4.69) is 5.32 Å². The van der Waals surface area contributed by atoms with Gasteiger partial charge in [0.25, 0.3) is 0 Å². The third-order valence-electron chi connectivity index (χ3n) is 3.35. The molecule has 0 saturated heterocycles. The summed E-state index contributed by atoms with van der Waals surface area (Å²) in [6, 6.07) is 5.25. The van der Waals surface area contributed by atoms with Crippen molar-refractivity contribution in [2.24, 2.45) is 5.92 Å². The van der Waals surface area contributed by atoms with Crippen LogP contribution in [0.15, 0.2) is 18.2 Å². The average Bonchev–Trinajstić information content (AvgIpc) is 2.33. The number of carbonyl (C=O) groups is 1. The van der Waals surface area contributed by atoms with Crippen molar-refractivity contribution in [3.63, 3.8) is 0 Å². The first-order valence-electron chi connectivity index (χ1n) is 7.02. The molecule has 0 amide bonds. The quantitative estimate of drug-likeness (QED) is 0.717. The van der Waals surface area contributed by atoms with E-state index in [-0.39, 0.29) is 6.54 Å². The van der Waals surface area contributed by atoms with Gasteiger partial charge >= 0.3 is 5.97 Å². The van der Waals surface area contributed by atoms with Crippen LogP contribution >= 0.6 is 0 Å². The van der Waals surface area contributed by atoms with Gasteiger partial charge in [-0.3, -0.25) is 4.79 Å². The number of hydrogen-bond acceptors (Lipinski definition) is 3. The zero-order valence-corrected chi connectivity index (χ0v) is 12.7. The van der Waals surface area contributed by atoms with Crippen LogP contribution in [0.2, 0.25) is 0 Å². The number of aryl methyl sites for hydroxylation is 2. The number of carboxylic acids is 1. The summed E-state index contributed by atoms with van der Waals surface area (Å²) in [5.41, 5.74) is 3.02. The Labute approximate surface area is 120 Å². The third kappa shape index (κ3) is 4.94. The molecule has 0 radical (unpaired) electrons. The molecule has 2 atom stereocenters. The van der Waals surface area contributed by atoms with Crippen LogP contribution in [0, 0.1) is 19.8 Å². The molecule has 1 aromatic rings. The van der Waals surface area contributed by atoms with Gasteiger partial charge in [0, 0.05) is 6.54 Å². The van der Waals surface area contributed by atoms with Gasteiger partial charge in [-0.25, -0.2) is 0 Å². The highest BCUT2D eigenvalue weighted by Gasteiger charge is 2.20. The highest BCUT2D eigenvalue weighted by atomic mass is 16.4. The topological polar surface area (TPSA) is 69.6 Å². The molecule has 0 aliphatic rings. The molecule has 0 aromatic heterocycles. The summed E-state index contributed by atoms with van der Waals surface area (Å²) in [5, 5.41) is 22.3. The molecule has 1 rings (SSSR count). The van der Waals surface area contributed by atoms with Crippen LogP contribution in [0.3, 0.4) is 0 Å². The predicted molar refractivity (Wildman–Crippen MR) is 79.8 cm³/mol. The summed E-state index contributed by atoms with van der Waals surface area (Å²) < 4.78 is 0. The molecule has 0 saturated carbocycles. The van der Waals surface area contributed by atoms with E-state index < -0.39 is 18.1 Å². The normalized spacial score (nSPS) is 14.3. The molecule has 0 aliphatic carbocycles. The highest BCUT2D eigenvalue weighted by molar-refractivity contribution is 5.73. The lowest BCUT2D eigenvalue weighted by atomic mass is 10.00. The summed E-state index contributed by atoms with van der Waals surface area (Å²) >= 11 is 0. The largest absolute Gasteiger partial charge is 0.480 e. The van der Waals surface area contributed by atoms with Gasteiger partial charge in [-0.05, 0) is 37.3 Å². The summed E-state index contributed by atoms with van der Waals surface area (Å²) in [6.45, 7) is 8.17. The van der Waals surface area contributed by atoms with Gasteiger partial charge in [0.05, 0.1) is 6.10 Å². The number of aliphatic hydroxyl groups is 1. The van der Waals surface area contributed by atoms with Crippen LogP contribution in [-0.4, -0.2) is 28.8 Å². The van der Waals surface area contributed by atoms with E-state index in [1.54, 1.807) is 0 Å². The van der Waals surface area contributed by atoms with Crippen molar-refractivity contribution in [3.8, 4) is 0 Å². The van der Waals surface area contributed by atoms with Crippen LogP contribution in [0.1, 0.15) is 43.1 Å². The molecule has 2 unspecified atom stereocenters. The first kappa shape index (κ1) is 16.7. The maximum atomic E-state index is 11.2. The van der Waals surface area contributed by atoms with E-state index >= 15 is 0 Å². The Balaban J connectivity index is 2.65. The molecular formula is C16H25NO3. The van der Waals surface area contributed by atoms with E-state index in [9.17, 15) is 9.90 Å². The van der Waals surface area contributed by atoms with Crippen molar-refractivity contribution in [2.75, 3.05) is 6.54 Å². The molecule has 0 bridgehead atoms. The second-order valence-corrected chi connectivity index (χ2v) is 5.80. The molecule has 20 heavy (non-hydrogen) atoms. The summed E-state index contributed by atoms with van der Waals surface area (Å²) in [6.07, 6.45) is -0.140. The van der Waals surface area contributed by atoms with Crippen LogP contribution in [0.25, 0.3) is 0 Å². The van der Waals surface area contributed by atoms with Crippen LogP contribution in [0.4, 0.5) is 0 Å². The minimum atomic E-state index is -0.869.